The first-order valence-corrected chi connectivity index (χ1v) is 14.0. The molecule has 7 nitrogen and oxygen atoms in total. The minimum atomic E-state index is -0.721. The van der Waals surface area contributed by atoms with Crippen molar-refractivity contribution in [3.63, 3.8) is 0 Å². The highest BCUT2D eigenvalue weighted by Crippen LogP contribution is 2.22. The lowest BCUT2D eigenvalue weighted by molar-refractivity contribution is -0.148. The Morgan fingerprint density at radius 1 is 1.00 bits per heavy atom. The molecule has 0 aromatic heterocycles. The van der Waals surface area contributed by atoms with E-state index in [0.717, 1.165) is 29.7 Å². The van der Waals surface area contributed by atoms with Crippen LogP contribution in [0.5, 0.6) is 5.75 Å². The minimum Gasteiger partial charge on any atom is -0.494 e. The third kappa shape index (κ3) is 10.3. The Bertz CT molecular complexity index is 1100. The van der Waals surface area contributed by atoms with Gasteiger partial charge >= 0.3 is 5.97 Å². The number of ketones is 2. The molecule has 2 aromatic carbocycles. The molecule has 2 heterocycles. The fourth-order valence-corrected chi connectivity index (χ4v) is 4.81. The SMILES string of the molecule is CC(=O)[C@@H]1CCCCOc2ccc(cc2)C[C@H](CC(=O)OCc2ccccc2)C(=O)N[C@@H](CC(C)C)C(=O)C1. The number of benzene rings is 2. The van der Waals surface area contributed by atoms with Crippen LogP contribution in [0.1, 0.15) is 70.4 Å². The molecule has 4 rings (SSSR count). The summed E-state index contributed by atoms with van der Waals surface area (Å²) in [6.45, 7) is 6.14. The minimum absolute atomic E-state index is 0.0221. The molecule has 210 valence electrons. The molecule has 0 saturated heterocycles. The van der Waals surface area contributed by atoms with Crippen molar-refractivity contribution in [1.29, 1.82) is 0 Å². The zero-order valence-electron chi connectivity index (χ0n) is 23.3. The Morgan fingerprint density at radius 2 is 1.72 bits per heavy atom. The fraction of sp³-hybridized carbons (Fsp3) is 0.500. The van der Waals surface area contributed by atoms with E-state index in [4.69, 9.17) is 9.47 Å². The number of nitrogens with one attached hydrogen (secondary N) is 1. The summed E-state index contributed by atoms with van der Waals surface area (Å²) in [5.41, 5.74) is 1.74. The van der Waals surface area contributed by atoms with Crippen molar-refractivity contribution in [3.8, 4) is 5.75 Å². The van der Waals surface area contributed by atoms with Gasteiger partial charge in [-0.3, -0.25) is 19.2 Å². The summed E-state index contributed by atoms with van der Waals surface area (Å²) >= 11 is 0. The van der Waals surface area contributed by atoms with E-state index in [-0.39, 0.29) is 48.8 Å². The lowest BCUT2D eigenvalue weighted by Gasteiger charge is -2.24. The van der Waals surface area contributed by atoms with Gasteiger partial charge in [0.25, 0.3) is 0 Å². The monoisotopic (exact) mass is 535 g/mol. The molecule has 1 N–H and O–H groups in total. The summed E-state index contributed by atoms with van der Waals surface area (Å²) in [5, 5.41) is 2.94. The van der Waals surface area contributed by atoms with E-state index < -0.39 is 17.9 Å². The summed E-state index contributed by atoms with van der Waals surface area (Å²) in [7, 11) is 0. The van der Waals surface area contributed by atoms with Crippen LogP contribution in [0.4, 0.5) is 0 Å². The van der Waals surface area contributed by atoms with Gasteiger partial charge in [0.05, 0.1) is 25.0 Å². The lowest BCUT2D eigenvalue weighted by Crippen LogP contribution is -2.46. The van der Waals surface area contributed by atoms with Crippen LogP contribution < -0.4 is 10.1 Å². The second-order valence-corrected chi connectivity index (χ2v) is 10.9. The molecule has 0 saturated carbocycles. The largest absolute Gasteiger partial charge is 0.494 e. The van der Waals surface area contributed by atoms with Gasteiger partial charge in [0.2, 0.25) is 5.91 Å². The number of ether oxygens (including phenoxy) is 2. The normalized spacial score (nSPS) is 21.1. The smallest absolute Gasteiger partial charge is 0.306 e. The second kappa shape index (κ2) is 15.2. The van der Waals surface area contributed by atoms with Crippen LogP contribution in [-0.4, -0.2) is 36.1 Å². The third-order valence-corrected chi connectivity index (χ3v) is 7.08. The van der Waals surface area contributed by atoms with Crippen molar-refractivity contribution in [3.05, 3.63) is 65.7 Å². The van der Waals surface area contributed by atoms with Crippen molar-refractivity contribution >= 4 is 23.4 Å². The summed E-state index contributed by atoms with van der Waals surface area (Å²) in [6, 6.07) is 16.2. The third-order valence-electron chi connectivity index (χ3n) is 7.08. The first-order chi connectivity index (χ1) is 18.7. The Balaban J connectivity index is 1.82. The van der Waals surface area contributed by atoms with Crippen LogP contribution in [-0.2, 0) is 36.9 Å². The van der Waals surface area contributed by atoms with Crippen molar-refractivity contribution < 1.29 is 28.7 Å². The fourth-order valence-electron chi connectivity index (χ4n) is 4.81. The van der Waals surface area contributed by atoms with E-state index in [2.05, 4.69) is 5.32 Å². The van der Waals surface area contributed by atoms with Crippen LogP contribution in [0.2, 0.25) is 0 Å². The standard InChI is InChI=1S/C32H41NO6/c1-22(2)17-29-30(35)19-26(23(3)34)11-7-8-16-38-28-14-12-24(13-15-28)18-27(32(37)33-29)20-31(36)39-21-25-9-5-4-6-10-25/h4-6,9-10,12-15,22,26-27,29H,7-8,11,16-21H2,1-3H3,(H,33,37)/t26-,27-,29+/m1/s1. The number of Topliss-reactive ketones (excluding diaryl/α,β-unsaturated/α-hetero) is 2. The molecule has 39 heavy (non-hydrogen) atoms. The highest BCUT2D eigenvalue weighted by atomic mass is 16.5. The molecule has 0 fully saturated rings. The van der Waals surface area contributed by atoms with Gasteiger partial charge in [0.1, 0.15) is 18.1 Å². The molecule has 7 heteroatoms. The number of fused-ring (bicyclic) bond motifs is 14. The van der Waals surface area contributed by atoms with Crippen LogP contribution in [0.15, 0.2) is 54.6 Å². The number of esters is 1. The number of amides is 1. The van der Waals surface area contributed by atoms with E-state index in [1.165, 1.54) is 6.92 Å². The molecule has 1 amide bonds. The second-order valence-electron chi connectivity index (χ2n) is 10.9. The molecule has 0 unspecified atom stereocenters. The van der Waals surface area contributed by atoms with Gasteiger partial charge in [0.15, 0.2) is 5.78 Å². The quantitative estimate of drug-likeness (QED) is 0.487. The maximum atomic E-state index is 13.6. The molecule has 3 atom stereocenters. The zero-order chi connectivity index (χ0) is 28.2. The number of carbonyl (C=O) groups is 4. The topological polar surface area (TPSA) is 98.8 Å². The number of carbonyl (C=O) groups excluding carboxylic acids is 4. The number of rotatable bonds is 7. The van der Waals surface area contributed by atoms with Gasteiger partial charge in [-0.15, -0.1) is 0 Å². The summed E-state index contributed by atoms with van der Waals surface area (Å²) in [5.74, 6) is -1.24. The molecule has 2 aromatic rings. The predicted octanol–water partition coefficient (Wildman–Crippen LogP) is 5.24. The zero-order valence-corrected chi connectivity index (χ0v) is 23.3. The highest BCUT2D eigenvalue weighted by Gasteiger charge is 2.30. The molecule has 0 spiro atoms. The molecule has 0 radical (unpaired) electrons. The van der Waals surface area contributed by atoms with Gasteiger partial charge in [-0.05, 0) is 68.2 Å². The lowest BCUT2D eigenvalue weighted by atomic mass is 9.88. The Labute approximate surface area is 231 Å². The highest BCUT2D eigenvalue weighted by molar-refractivity contribution is 5.93. The average Bonchev–Trinajstić information content (AvgIpc) is 2.91. The van der Waals surface area contributed by atoms with Crippen molar-refractivity contribution in [1.82, 2.24) is 5.32 Å². The van der Waals surface area contributed by atoms with Crippen molar-refractivity contribution in [2.24, 2.45) is 17.8 Å². The Kier molecular flexibility index (Phi) is 11.7. The molecular formula is C32H41NO6. The maximum absolute atomic E-state index is 13.6. The van der Waals surface area contributed by atoms with Gasteiger partial charge in [-0.1, -0.05) is 56.3 Å². The van der Waals surface area contributed by atoms with Crippen LogP contribution in [0.25, 0.3) is 0 Å². The number of hydrogen-bond donors (Lipinski definition) is 1. The van der Waals surface area contributed by atoms with Crippen molar-refractivity contribution in [2.75, 3.05) is 6.61 Å². The van der Waals surface area contributed by atoms with E-state index in [0.29, 0.717) is 25.9 Å². The van der Waals surface area contributed by atoms with Crippen LogP contribution in [0.3, 0.4) is 0 Å². The Hall–Kier alpha value is -3.48. The first-order valence-electron chi connectivity index (χ1n) is 14.0. The van der Waals surface area contributed by atoms with E-state index in [9.17, 15) is 19.2 Å². The summed E-state index contributed by atoms with van der Waals surface area (Å²) in [6.07, 6.45) is 2.89. The van der Waals surface area contributed by atoms with E-state index in [1.807, 2.05) is 68.4 Å². The molecule has 2 bridgehead atoms. The predicted molar refractivity (Wildman–Crippen MR) is 149 cm³/mol. The van der Waals surface area contributed by atoms with Gasteiger partial charge in [-0.25, -0.2) is 0 Å². The first kappa shape index (κ1) is 30.1. The van der Waals surface area contributed by atoms with Crippen LogP contribution >= 0.6 is 0 Å². The van der Waals surface area contributed by atoms with Crippen molar-refractivity contribution in [2.45, 2.75) is 78.4 Å². The number of hydrogen-bond acceptors (Lipinski definition) is 6. The Morgan fingerprint density at radius 3 is 2.38 bits per heavy atom. The van der Waals surface area contributed by atoms with Gasteiger partial charge in [0, 0.05) is 12.3 Å². The summed E-state index contributed by atoms with van der Waals surface area (Å²) < 4.78 is 11.3. The van der Waals surface area contributed by atoms with E-state index in [1.54, 1.807) is 0 Å². The van der Waals surface area contributed by atoms with E-state index >= 15 is 0 Å². The molecule has 0 aliphatic carbocycles. The van der Waals surface area contributed by atoms with Gasteiger partial charge < -0.3 is 14.8 Å². The average molecular weight is 536 g/mol. The summed E-state index contributed by atoms with van der Waals surface area (Å²) in [4.78, 5) is 52.0. The maximum Gasteiger partial charge on any atom is 0.306 e. The molecular weight excluding hydrogens is 494 g/mol. The van der Waals surface area contributed by atoms with Crippen LogP contribution in [0, 0.1) is 17.8 Å². The molecule has 2 aliphatic heterocycles. The van der Waals surface area contributed by atoms with Gasteiger partial charge in [-0.2, -0.15) is 0 Å². The molecule has 2 aliphatic rings.